The molecule has 1 atom stereocenters. The van der Waals surface area contributed by atoms with Crippen molar-refractivity contribution in [3.63, 3.8) is 0 Å². The number of carbonyl (C=O) groups is 1. The number of benzene rings is 2. The zero-order valence-corrected chi connectivity index (χ0v) is 32.7. The Morgan fingerprint density at radius 1 is 1.16 bits per heavy atom. The van der Waals surface area contributed by atoms with Crippen molar-refractivity contribution in [3.05, 3.63) is 58.2 Å². The van der Waals surface area contributed by atoms with Crippen LogP contribution in [0.4, 0.5) is 22.1 Å². The number of fused-ring (bicyclic) bond motifs is 1. The fourth-order valence-electron chi connectivity index (χ4n) is 6.14. The fraction of sp³-hybridized carbons (Fsp3) is 0.526. The number of nitriles is 1. The quantitative estimate of drug-likeness (QED) is 0.227. The summed E-state index contributed by atoms with van der Waals surface area (Å²) in [6.45, 7) is 20.7. The second-order valence-electron chi connectivity index (χ2n) is 16.1. The van der Waals surface area contributed by atoms with Gasteiger partial charge in [-0.1, -0.05) is 39.3 Å². The van der Waals surface area contributed by atoms with Gasteiger partial charge >= 0.3 is 6.09 Å². The van der Waals surface area contributed by atoms with Crippen molar-refractivity contribution in [3.8, 4) is 23.1 Å². The van der Waals surface area contributed by atoms with Crippen molar-refractivity contribution in [1.29, 1.82) is 5.26 Å². The normalized spacial score (nSPS) is 18.4. The standard InChI is InChI=1S/C38H50ClN5O5Si/c1-36(2,3)49-35(45)44-22-38(7,23-48-50(9,10)37(4,5)6)28-18-25(17-26(21-40)33(28)44)30-11-14-41-34(42-30)43-31-20-29(39)27(19-32(31)46-8)24-12-15-47-16-13-24/h11,14,17-20,24H,12-13,15-16,22-23H2,1-10H3,(H,41,42,43)/t38-/m1/s1. The van der Waals surface area contributed by atoms with Crippen LogP contribution < -0.4 is 15.0 Å². The van der Waals surface area contributed by atoms with E-state index >= 15 is 0 Å². The summed E-state index contributed by atoms with van der Waals surface area (Å²) in [5.74, 6) is 1.28. The van der Waals surface area contributed by atoms with Gasteiger partial charge in [0.15, 0.2) is 8.32 Å². The number of rotatable bonds is 8. The molecular formula is C38H50ClN5O5Si. The molecule has 0 aliphatic carbocycles. The van der Waals surface area contributed by atoms with Crippen LogP contribution >= 0.6 is 11.6 Å². The highest BCUT2D eigenvalue weighted by molar-refractivity contribution is 6.74. The number of methoxy groups -OCH3 is 1. The third-order valence-electron chi connectivity index (χ3n) is 10.0. The molecule has 2 aliphatic rings. The SMILES string of the molecule is COc1cc(C2CCOCC2)c(Cl)cc1Nc1nccc(-c2cc(C#N)c3c(c2)[C@@](C)(CO[Si](C)(C)C(C)(C)C)CN3C(=O)OC(C)(C)C)n1. The lowest BCUT2D eigenvalue weighted by molar-refractivity contribution is 0.0575. The summed E-state index contributed by atoms with van der Waals surface area (Å²) in [5, 5.41) is 14.4. The lowest BCUT2D eigenvalue weighted by Gasteiger charge is -2.39. The Morgan fingerprint density at radius 2 is 1.86 bits per heavy atom. The first-order valence-corrected chi connectivity index (χ1v) is 20.4. The second kappa shape index (κ2) is 14.1. The lowest BCUT2D eigenvalue weighted by Crippen LogP contribution is -2.46. The zero-order valence-electron chi connectivity index (χ0n) is 31.0. The number of halogens is 1. The van der Waals surface area contributed by atoms with Crippen LogP contribution in [0.25, 0.3) is 11.3 Å². The summed E-state index contributed by atoms with van der Waals surface area (Å²) < 4.78 is 23.9. The van der Waals surface area contributed by atoms with Crippen LogP contribution in [0.5, 0.6) is 5.75 Å². The minimum atomic E-state index is -2.15. The van der Waals surface area contributed by atoms with Gasteiger partial charge in [0.25, 0.3) is 0 Å². The Balaban J connectivity index is 1.53. The maximum Gasteiger partial charge on any atom is 0.414 e. The summed E-state index contributed by atoms with van der Waals surface area (Å²) >= 11 is 6.79. The van der Waals surface area contributed by atoms with Crippen LogP contribution in [0.2, 0.25) is 23.2 Å². The van der Waals surface area contributed by atoms with Gasteiger partial charge in [0.1, 0.15) is 17.4 Å². The number of carbonyl (C=O) groups excluding carboxylic acids is 1. The van der Waals surface area contributed by atoms with Crippen molar-refractivity contribution >= 4 is 43.3 Å². The van der Waals surface area contributed by atoms with Gasteiger partial charge in [-0.25, -0.2) is 14.8 Å². The smallest absolute Gasteiger partial charge is 0.414 e. The van der Waals surface area contributed by atoms with E-state index in [1.807, 2.05) is 39.0 Å². The number of hydrogen-bond donors (Lipinski definition) is 1. The van der Waals surface area contributed by atoms with E-state index in [-0.39, 0.29) is 5.04 Å². The predicted molar refractivity (Wildman–Crippen MR) is 200 cm³/mol. The first kappa shape index (κ1) is 37.6. The first-order chi connectivity index (χ1) is 23.4. The first-order valence-electron chi connectivity index (χ1n) is 17.1. The minimum Gasteiger partial charge on any atom is -0.495 e. The van der Waals surface area contributed by atoms with Gasteiger partial charge in [0.05, 0.1) is 29.7 Å². The van der Waals surface area contributed by atoms with Crippen LogP contribution in [0.15, 0.2) is 36.5 Å². The van der Waals surface area contributed by atoms with E-state index in [2.05, 4.69) is 57.2 Å². The maximum absolute atomic E-state index is 13.6. The third kappa shape index (κ3) is 7.94. The van der Waals surface area contributed by atoms with Crippen molar-refractivity contribution in [2.45, 2.75) is 96.4 Å². The molecule has 1 saturated heterocycles. The third-order valence-corrected chi connectivity index (χ3v) is 14.8. The Bertz CT molecular complexity index is 1790. The molecule has 0 spiro atoms. The Kier molecular flexibility index (Phi) is 10.6. The molecule has 2 aromatic carbocycles. The largest absolute Gasteiger partial charge is 0.495 e. The molecule has 5 rings (SSSR count). The molecule has 3 aromatic rings. The Morgan fingerprint density at radius 3 is 2.48 bits per heavy atom. The van der Waals surface area contributed by atoms with E-state index in [0.29, 0.717) is 71.6 Å². The second-order valence-corrected chi connectivity index (χ2v) is 21.3. The molecular weight excluding hydrogens is 670 g/mol. The molecule has 1 fully saturated rings. The van der Waals surface area contributed by atoms with Gasteiger partial charge in [-0.15, -0.1) is 0 Å². The van der Waals surface area contributed by atoms with Gasteiger partial charge < -0.3 is 24.0 Å². The molecule has 1 N–H and O–H groups in total. The lowest BCUT2D eigenvalue weighted by atomic mass is 9.83. The zero-order chi connectivity index (χ0) is 36.6. The molecule has 0 saturated carbocycles. The number of aromatic nitrogens is 2. The van der Waals surface area contributed by atoms with Gasteiger partial charge in [0, 0.05) is 48.6 Å². The van der Waals surface area contributed by atoms with E-state index in [1.165, 1.54) is 0 Å². The van der Waals surface area contributed by atoms with E-state index < -0.39 is 25.4 Å². The average molecular weight is 720 g/mol. The van der Waals surface area contributed by atoms with Crippen LogP contribution in [0, 0.1) is 11.3 Å². The van der Waals surface area contributed by atoms with Crippen molar-refractivity contribution in [2.75, 3.05) is 43.7 Å². The molecule has 3 heterocycles. The summed E-state index contributed by atoms with van der Waals surface area (Å²) in [4.78, 5) is 24.5. The number of ether oxygens (including phenoxy) is 3. The highest BCUT2D eigenvalue weighted by Crippen LogP contribution is 2.47. The Hall–Kier alpha value is -3.69. The number of nitrogens with zero attached hydrogens (tertiary/aromatic N) is 4. The van der Waals surface area contributed by atoms with Crippen LogP contribution in [0.1, 0.15) is 83.9 Å². The molecule has 0 bridgehead atoms. The highest BCUT2D eigenvalue weighted by atomic mass is 35.5. The topological polar surface area (TPSA) is 119 Å². The summed E-state index contributed by atoms with van der Waals surface area (Å²) in [5.41, 5.74) is 3.41. The molecule has 12 heteroatoms. The van der Waals surface area contributed by atoms with Gasteiger partial charge in [-0.2, -0.15) is 5.26 Å². The monoisotopic (exact) mass is 719 g/mol. The average Bonchev–Trinajstić information content (AvgIpc) is 3.35. The van der Waals surface area contributed by atoms with Crippen molar-refractivity contribution in [1.82, 2.24) is 9.97 Å². The van der Waals surface area contributed by atoms with E-state index in [4.69, 9.17) is 35.2 Å². The predicted octanol–water partition coefficient (Wildman–Crippen LogP) is 9.35. The molecule has 0 radical (unpaired) electrons. The van der Waals surface area contributed by atoms with E-state index in [9.17, 15) is 10.1 Å². The highest BCUT2D eigenvalue weighted by Gasteiger charge is 2.47. The summed E-state index contributed by atoms with van der Waals surface area (Å²) in [7, 11) is -0.527. The molecule has 1 aromatic heterocycles. The number of nitrogens with one attached hydrogen (secondary N) is 1. The van der Waals surface area contributed by atoms with Gasteiger partial charge in [0.2, 0.25) is 5.95 Å². The van der Waals surface area contributed by atoms with Crippen LogP contribution in [-0.2, 0) is 19.3 Å². The maximum atomic E-state index is 13.6. The van der Waals surface area contributed by atoms with E-state index in [0.717, 1.165) is 29.5 Å². The molecule has 0 unspecified atom stereocenters. The fourth-order valence-corrected chi connectivity index (χ4v) is 7.57. The van der Waals surface area contributed by atoms with Crippen LogP contribution in [0.3, 0.4) is 0 Å². The number of amides is 1. The number of hydrogen-bond acceptors (Lipinski definition) is 9. The summed E-state index contributed by atoms with van der Waals surface area (Å²) in [6, 6.07) is 11.8. The van der Waals surface area contributed by atoms with Gasteiger partial charge in [-0.3, -0.25) is 4.90 Å². The molecule has 50 heavy (non-hydrogen) atoms. The summed E-state index contributed by atoms with van der Waals surface area (Å²) in [6.07, 6.45) is 2.98. The minimum absolute atomic E-state index is 0.00225. The van der Waals surface area contributed by atoms with E-state index in [1.54, 1.807) is 30.3 Å². The molecule has 10 nitrogen and oxygen atoms in total. The van der Waals surface area contributed by atoms with Crippen LogP contribution in [-0.4, -0.2) is 63.5 Å². The number of anilines is 3. The molecule has 1 amide bonds. The Labute approximate surface area is 302 Å². The van der Waals surface area contributed by atoms with Crippen molar-refractivity contribution in [2.24, 2.45) is 0 Å². The van der Waals surface area contributed by atoms with Crippen molar-refractivity contribution < 1.29 is 23.4 Å². The molecule has 2 aliphatic heterocycles. The van der Waals surface area contributed by atoms with Gasteiger partial charge in [-0.05, 0) is 99.1 Å². The molecule has 268 valence electrons.